The molecule has 0 aliphatic carbocycles. The van der Waals surface area contributed by atoms with E-state index < -0.39 is 29.8 Å². The van der Waals surface area contributed by atoms with Crippen LogP contribution < -0.4 is 14.8 Å². The first-order chi connectivity index (χ1) is 13.3. The van der Waals surface area contributed by atoms with Crippen molar-refractivity contribution in [3.05, 3.63) is 58.6 Å². The lowest BCUT2D eigenvalue weighted by molar-refractivity contribution is -0.130. The predicted molar refractivity (Wildman–Crippen MR) is 103 cm³/mol. The normalized spacial score (nSPS) is 18.8. The molecule has 0 radical (unpaired) electrons. The van der Waals surface area contributed by atoms with E-state index in [0.29, 0.717) is 22.1 Å². The largest absolute Gasteiger partial charge is 0.497 e. The number of imide groups is 1. The number of ether oxygens (including phenoxy) is 2. The SMILES string of the molecule is COc1ccc(OC)c(C(=O)CN2C(=O)N[C@@](C)(c3ccccc3Cl)C2=O)c1. The number of methoxy groups -OCH3 is 2. The molecule has 2 aromatic rings. The average molecular weight is 403 g/mol. The van der Waals surface area contributed by atoms with Crippen LogP contribution in [0.15, 0.2) is 42.5 Å². The molecular formula is C20H19ClN2O5. The molecule has 0 saturated carbocycles. The van der Waals surface area contributed by atoms with Gasteiger partial charge in [-0.05, 0) is 31.2 Å². The molecular weight excluding hydrogens is 384 g/mol. The van der Waals surface area contributed by atoms with Gasteiger partial charge in [0.25, 0.3) is 5.91 Å². The number of benzene rings is 2. The summed E-state index contributed by atoms with van der Waals surface area (Å²) in [6.45, 7) is 1.12. The van der Waals surface area contributed by atoms with E-state index in [1.54, 1.807) is 43.3 Å². The van der Waals surface area contributed by atoms with Crippen molar-refractivity contribution in [1.29, 1.82) is 0 Å². The molecule has 1 aliphatic rings. The first kappa shape index (κ1) is 19.7. The van der Waals surface area contributed by atoms with Crippen LogP contribution >= 0.6 is 11.6 Å². The minimum absolute atomic E-state index is 0.216. The van der Waals surface area contributed by atoms with Crippen LogP contribution in [0.1, 0.15) is 22.8 Å². The maximum Gasteiger partial charge on any atom is 0.325 e. The topological polar surface area (TPSA) is 84.9 Å². The lowest BCUT2D eigenvalue weighted by atomic mass is 9.92. The Morgan fingerprint density at radius 2 is 1.86 bits per heavy atom. The van der Waals surface area contributed by atoms with Gasteiger partial charge in [-0.25, -0.2) is 4.79 Å². The first-order valence-corrected chi connectivity index (χ1v) is 8.84. The summed E-state index contributed by atoms with van der Waals surface area (Å²) >= 11 is 6.21. The molecule has 0 aromatic heterocycles. The molecule has 2 aromatic carbocycles. The number of halogens is 1. The lowest BCUT2D eigenvalue weighted by Gasteiger charge is -2.23. The van der Waals surface area contributed by atoms with Crippen molar-refractivity contribution in [3.63, 3.8) is 0 Å². The summed E-state index contributed by atoms with van der Waals surface area (Å²) in [5.41, 5.74) is -0.675. The molecule has 0 spiro atoms. The number of nitrogens with zero attached hydrogens (tertiary/aromatic N) is 1. The van der Waals surface area contributed by atoms with Gasteiger partial charge in [0.05, 0.1) is 26.3 Å². The highest BCUT2D eigenvalue weighted by atomic mass is 35.5. The number of carbonyl (C=O) groups excluding carboxylic acids is 3. The third-order valence-corrected chi connectivity index (χ3v) is 5.03. The number of urea groups is 1. The van der Waals surface area contributed by atoms with E-state index in [4.69, 9.17) is 21.1 Å². The fourth-order valence-corrected chi connectivity index (χ4v) is 3.48. The summed E-state index contributed by atoms with van der Waals surface area (Å²) in [6.07, 6.45) is 0. The minimum Gasteiger partial charge on any atom is -0.497 e. The molecule has 7 nitrogen and oxygen atoms in total. The van der Waals surface area contributed by atoms with Crippen LogP contribution in [0.3, 0.4) is 0 Å². The minimum atomic E-state index is -1.35. The fourth-order valence-electron chi connectivity index (χ4n) is 3.15. The Morgan fingerprint density at radius 1 is 1.14 bits per heavy atom. The van der Waals surface area contributed by atoms with E-state index in [9.17, 15) is 14.4 Å². The van der Waals surface area contributed by atoms with Crippen LogP contribution in [0.2, 0.25) is 5.02 Å². The molecule has 3 rings (SSSR count). The van der Waals surface area contributed by atoms with Crippen molar-refractivity contribution in [2.75, 3.05) is 20.8 Å². The van der Waals surface area contributed by atoms with Crippen LogP contribution in [0, 0.1) is 0 Å². The lowest BCUT2D eigenvalue weighted by Crippen LogP contribution is -2.41. The van der Waals surface area contributed by atoms with Crippen LogP contribution in [-0.4, -0.2) is 43.4 Å². The van der Waals surface area contributed by atoms with Gasteiger partial charge in [0.1, 0.15) is 17.0 Å². The molecule has 8 heteroatoms. The summed E-state index contributed by atoms with van der Waals surface area (Å²) in [5, 5.41) is 2.99. The predicted octanol–water partition coefficient (Wildman–Crippen LogP) is 3.01. The van der Waals surface area contributed by atoms with Crippen LogP contribution in [0.5, 0.6) is 11.5 Å². The van der Waals surface area contributed by atoms with Gasteiger partial charge in [-0.2, -0.15) is 0 Å². The number of carbonyl (C=O) groups is 3. The monoisotopic (exact) mass is 402 g/mol. The third kappa shape index (κ3) is 3.29. The van der Waals surface area contributed by atoms with Gasteiger partial charge in [0, 0.05) is 10.6 Å². The van der Waals surface area contributed by atoms with E-state index in [1.165, 1.54) is 20.3 Å². The standard InChI is InChI=1S/C20H19ClN2O5/c1-20(14-6-4-5-7-15(14)21)18(25)23(19(26)22-20)11-16(24)13-10-12(27-2)8-9-17(13)28-3/h4-10H,11H2,1-3H3,(H,22,26)/t20-/m0/s1. The van der Waals surface area contributed by atoms with E-state index >= 15 is 0 Å². The number of rotatable bonds is 6. The molecule has 1 saturated heterocycles. The van der Waals surface area contributed by atoms with Gasteiger partial charge in [0.15, 0.2) is 5.78 Å². The van der Waals surface area contributed by atoms with E-state index in [0.717, 1.165) is 4.90 Å². The quantitative estimate of drug-likeness (QED) is 0.593. The van der Waals surface area contributed by atoms with Crippen molar-refractivity contribution in [2.45, 2.75) is 12.5 Å². The van der Waals surface area contributed by atoms with Gasteiger partial charge < -0.3 is 14.8 Å². The van der Waals surface area contributed by atoms with Crippen LogP contribution in [0.25, 0.3) is 0 Å². The third-order valence-electron chi connectivity index (χ3n) is 4.70. The highest BCUT2D eigenvalue weighted by Crippen LogP contribution is 2.34. The Balaban J connectivity index is 1.90. The smallest absolute Gasteiger partial charge is 0.325 e. The molecule has 3 amide bonds. The summed E-state index contributed by atoms with van der Waals surface area (Å²) in [5.74, 6) is -0.225. The van der Waals surface area contributed by atoms with E-state index in [1.807, 2.05) is 0 Å². The van der Waals surface area contributed by atoms with E-state index in [2.05, 4.69) is 5.32 Å². The Kier molecular flexibility index (Phi) is 5.29. The van der Waals surface area contributed by atoms with E-state index in [-0.39, 0.29) is 5.56 Å². The average Bonchev–Trinajstić information content (AvgIpc) is 2.91. The van der Waals surface area contributed by atoms with Gasteiger partial charge in [-0.1, -0.05) is 29.8 Å². The zero-order valence-corrected chi connectivity index (χ0v) is 16.4. The summed E-state index contributed by atoms with van der Waals surface area (Å²) in [7, 11) is 2.91. The Labute approximate surface area is 167 Å². The highest BCUT2D eigenvalue weighted by molar-refractivity contribution is 6.32. The van der Waals surface area contributed by atoms with Gasteiger partial charge >= 0.3 is 6.03 Å². The number of hydrogen-bond acceptors (Lipinski definition) is 5. The Hall–Kier alpha value is -3.06. The number of ketones is 1. The molecule has 1 heterocycles. The van der Waals surface area contributed by atoms with Crippen molar-refractivity contribution in [3.8, 4) is 11.5 Å². The summed E-state index contributed by atoms with van der Waals surface area (Å²) in [4.78, 5) is 39.2. The number of Topliss-reactive ketones (excluding diaryl/α,β-unsaturated/α-hetero) is 1. The Morgan fingerprint density at radius 3 is 2.50 bits per heavy atom. The second kappa shape index (κ2) is 7.52. The van der Waals surface area contributed by atoms with Gasteiger partial charge in [-0.15, -0.1) is 0 Å². The number of hydrogen-bond donors (Lipinski definition) is 1. The van der Waals surface area contributed by atoms with Crippen molar-refractivity contribution >= 4 is 29.3 Å². The first-order valence-electron chi connectivity index (χ1n) is 8.46. The summed E-state index contributed by atoms with van der Waals surface area (Å²) in [6, 6.07) is 10.8. The van der Waals surface area contributed by atoms with Crippen molar-refractivity contribution < 1.29 is 23.9 Å². The number of amides is 3. The second-order valence-corrected chi connectivity index (χ2v) is 6.82. The molecule has 146 valence electrons. The van der Waals surface area contributed by atoms with Crippen molar-refractivity contribution in [2.24, 2.45) is 0 Å². The second-order valence-electron chi connectivity index (χ2n) is 6.42. The maximum atomic E-state index is 13.0. The maximum absolute atomic E-state index is 13.0. The Bertz CT molecular complexity index is 961. The van der Waals surface area contributed by atoms with Gasteiger partial charge in [0.2, 0.25) is 0 Å². The highest BCUT2D eigenvalue weighted by Gasteiger charge is 2.50. The molecule has 28 heavy (non-hydrogen) atoms. The zero-order chi connectivity index (χ0) is 20.5. The molecule has 1 fully saturated rings. The molecule has 0 unspecified atom stereocenters. The molecule has 1 atom stereocenters. The molecule has 1 N–H and O–H groups in total. The number of nitrogens with one attached hydrogen (secondary N) is 1. The van der Waals surface area contributed by atoms with Crippen LogP contribution in [-0.2, 0) is 10.3 Å². The zero-order valence-electron chi connectivity index (χ0n) is 15.6. The van der Waals surface area contributed by atoms with Crippen molar-refractivity contribution in [1.82, 2.24) is 10.2 Å². The van der Waals surface area contributed by atoms with Gasteiger partial charge in [-0.3, -0.25) is 14.5 Å². The van der Waals surface area contributed by atoms with Crippen LogP contribution in [0.4, 0.5) is 4.79 Å². The molecule has 0 bridgehead atoms. The fraction of sp³-hybridized carbons (Fsp3) is 0.250. The molecule has 1 aliphatic heterocycles. The summed E-state index contributed by atoms with van der Waals surface area (Å²) < 4.78 is 10.4.